The van der Waals surface area contributed by atoms with Gasteiger partial charge in [0, 0.05) is 6.07 Å². The largest absolute Gasteiger partial charge is 0.497 e. The third-order valence-corrected chi connectivity index (χ3v) is 3.32. The minimum atomic E-state index is -0.571. The number of fused-ring (bicyclic) bond motifs is 1. The van der Waals surface area contributed by atoms with E-state index in [0.717, 1.165) is 0 Å². The lowest BCUT2D eigenvalue weighted by molar-refractivity contribution is -0.383. The summed E-state index contributed by atoms with van der Waals surface area (Å²) in [5, 5.41) is 11.0. The summed E-state index contributed by atoms with van der Waals surface area (Å²) in [7, 11) is 1.57. The molecule has 1 aromatic heterocycles. The first kappa shape index (κ1) is 15.3. The van der Waals surface area contributed by atoms with Gasteiger partial charge < -0.3 is 9.72 Å². The second-order valence-corrected chi connectivity index (χ2v) is 4.82. The van der Waals surface area contributed by atoms with E-state index in [2.05, 4.69) is 20.8 Å². The number of hydrogen-bond acceptors (Lipinski definition) is 7. The summed E-state index contributed by atoms with van der Waals surface area (Å²) in [6.45, 7) is 0. The zero-order chi connectivity index (χ0) is 17.1. The van der Waals surface area contributed by atoms with E-state index >= 15 is 0 Å². The second-order valence-electron chi connectivity index (χ2n) is 4.82. The Morgan fingerprint density at radius 2 is 1.92 bits per heavy atom. The van der Waals surface area contributed by atoms with Crippen LogP contribution in [0.5, 0.6) is 5.75 Å². The number of nitrogens with one attached hydrogen (secondary N) is 3. The van der Waals surface area contributed by atoms with E-state index in [4.69, 9.17) is 4.74 Å². The molecule has 0 aliphatic heterocycles. The molecular formula is C15H13N5O4. The molecule has 0 amide bonds. The summed E-state index contributed by atoms with van der Waals surface area (Å²) in [6.07, 6.45) is 0. The van der Waals surface area contributed by atoms with E-state index < -0.39 is 10.5 Å². The highest BCUT2D eigenvalue weighted by Crippen LogP contribution is 2.21. The summed E-state index contributed by atoms with van der Waals surface area (Å²) in [4.78, 5) is 29.1. The predicted molar refractivity (Wildman–Crippen MR) is 89.3 cm³/mol. The number of methoxy groups -OCH3 is 1. The molecule has 24 heavy (non-hydrogen) atoms. The number of aromatic amines is 1. The number of hydrogen-bond donors (Lipinski definition) is 3. The van der Waals surface area contributed by atoms with Crippen molar-refractivity contribution in [2.24, 2.45) is 0 Å². The van der Waals surface area contributed by atoms with Crippen molar-refractivity contribution in [3.8, 4) is 5.75 Å². The van der Waals surface area contributed by atoms with Crippen molar-refractivity contribution in [2.75, 3.05) is 18.0 Å². The molecule has 0 saturated heterocycles. The maximum absolute atomic E-state index is 12.1. The molecule has 122 valence electrons. The Morgan fingerprint density at radius 1 is 1.17 bits per heavy atom. The van der Waals surface area contributed by atoms with Crippen molar-refractivity contribution in [1.82, 2.24) is 9.97 Å². The monoisotopic (exact) mass is 327 g/mol. The van der Waals surface area contributed by atoms with Gasteiger partial charge in [-0.05, 0) is 30.3 Å². The van der Waals surface area contributed by atoms with Crippen molar-refractivity contribution in [3.05, 3.63) is 62.9 Å². The van der Waals surface area contributed by atoms with Crippen LogP contribution in [0.4, 0.5) is 17.2 Å². The molecule has 0 bridgehead atoms. The summed E-state index contributed by atoms with van der Waals surface area (Å²) < 4.78 is 5.06. The first-order valence-electron chi connectivity index (χ1n) is 6.92. The maximum atomic E-state index is 12.1. The minimum Gasteiger partial charge on any atom is -0.497 e. The fourth-order valence-corrected chi connectivity index (χ4v) is 2.14. The van der Waals surface area contributed by atoms with Crippen LogP contribution in [-0.4, -0.2) is 22.0 Å². The zero-order valence-electron chi connectivity index (χ0n) is 12.6. The molecule has 0 atom stereocenters. The van der Waals surface area contributed by atoms with Crippen LogP contribution in [-0.2, 0) is 0 Å². The van der Waals surface area contributed by atoms with E-state index in [1.54, 1.807) is 37.4 Å². The maximum Gasteiger partial charge on any atom is 0.295 e. The number of nitro groups is 1. The molecule has 9 nitrogen and oxygen atoms in total. The normalized spacial score (nSPS) is 10.4. The summed E-state index contributed by atoms with van der Waals surface area (Å²) in [5.74, 6) is 0.702. The topological polar surface area (TPSA) is 122 Å². The first-order chi connectivity index (χ1) is 11.6. The van der Waals surface area contributed by atoms with Gasteiger partial charge in [-0.15, -0.1) is 0 Å². The van der Waals surface area contributed by atoms with Gasteiger partial charge in [-0.1, -0.05) is 6.07 Å². The van der Waals surface area contributed by atoms with Gasteiger partial charge in [0.05, 0.1) is 23.2 Å². The molecule has 1 heterocycles. The number of ether oxygens (including phenoxy) is 1. The Balaban J connectivity index is 1.88. The predicted octanol–water partition coefficient (Wildman–Crippen LogP) is 2.28. The van der Waals surface area contributed by atoms with E-state index in [1.807, 2.05) is 0 Å². The lowest BCUT2D eigenvalue weighted by Crippen LogP contribution is -2.20. The van der Waals surface area contributed by atoms with Crippen molar-refractivity contribution in [1.29, 1.82) is 0 Å². The third-order valence-electron chi connectivity index (χ3n) is 3.32. The average molecular weight is 327 g/mol. The molecule has 0 fully saturated rings. The highest BCUT2D eigenvalue weighted by Gasteiger charge is 2.14. The van der Waals surface area contributed by atoms with Crippen LogP contribution in [0.2, 0.25) is 0 Å². The van der Waals surface area contributed by atoms with Crippen LogP contribution in [0.15, 0.2) is 47.3 Å². The number of nitro benzene ring substituents is 1. The fourth-order valence-electron chi connectivity index (χ4n) is 2.14. The van der Waals surface area contributed by atoms with Gasteiger partial charge in [0.15, 0.2) is 0 Å². The third kappa shape index (κ3) is 2.95. The molecular weight excluding hydrogens is 314 g/mol. The highest BCUT2D eigenvalue weighted by atomic mass is 16.6. The summed E-state index contributed by atoms with van der Waals surface area (Å²) in [6, 6.07) is 11.4. The molecule has 9 heteroatoms. The standard InChI is InChI=1S/C15H13N5O4/c1-24-10-7-5-9(6-8-10)18-19-14-15(21)17-13-11(16-14)3-2-4-12(13)20(22)23/h2-8,18H,1H3,(H,16,19)(H,17,21). The SMILES string of the molecule is COc1ccc(NNc2nc3cccc([N+](=O)[O-])c3[nH]c2=O)cc1. The van der Waals surface area contributed by atoms with Gasteiger partial charge in [-0.25, -0.2) is 4.98 Å². The number of H-pyrrole nitrogens is 1. The van der Waals surface area contributed by atoms with Crippen LogP contribution in [0.3, 0.4) is 0 Å². The van der Waals surface area contributed by atoms with Crippen LogP contribution < -0.4 is 21.1 Å². The lowest BCUT2D eigenvalue weighted by Gasteiger charge is -2.09. The number of hydrazine groups is 1. The summed E-state index contributed by atoms with van der Waals surface area (Å²) in [5.41, 5.74) is 5.84. The van der Waals surface area contributed by atoms with Crippen LogP contribution in [0.25, 0.3) is 11.0 Å². The Morgan fingerprint density at radius 3 is 2.58 bits per heavy atom. The molecule has 0 radical (unpaired) electrons. The quantitative estimate of drug-likeness (QED) is 0.485. The van der Waals surface area contributed by atoms with Gasteiger partial charge in [0.1, 0.15) is 11.3 Å². The van der Waals surface area contributed by atoms with Crippen LogP contribution >= 0.6 is 0 Å². The molecule has 0 unspecified atom stereocenters. The minimum absolute atomic E-state index is 0.00110. The van der Waals surface area contributed by atoms with Gasteiger partial charge in [-0.3, -0.25) is 25.8 Å². The number of anilines is 2. The molecule has 0 aliphatic rings. The number of para-hydroxylation sites is 1. The van der Waals surface area contributed by atoms with Gasteiger partial charge in [-0.2, -0.15) is 0 Å². The molecule has 3 N–H and O–H groups in total. The Labute approximate surface area is 135 Å². The van der Waals surface area contributed by atoms with Gasteiger partial charge in [0.2, 0.25) is 5.82 Å². The molecule has 2 aromatic carbocycles. The number of non-ortho nitro benzene ring substituents is 1. The number of rotatable bonds is 5. The van der Waals surface area contributed by atoms with Crippen molar-refractivity contribution in [3.63, 3.8) is 0 Å². The van der Waals surface area contributed by atoms with Crippen molar-refractivity contribution < 1.29 is 9.66 Å². The molecule has 0 aliphatic carbocycles. The zero-order valence-corrected chi connectivity index (χ0v) is 12.6. The van der Waals surface area contributed by atoms with E-state index in [-0.39, 0.29) is 17.0 Å². The van der Waals surface area contributed by atoms with Gasteiger partial charge in [0.25, 0.3) is 11.2 Å². The molecule has 3 aromatic rings. The Hall–Kier alpha value is -3.62. The highest BCUT2D eigenvalue weighted by molar-refractivity contribution is 5.84. The number of nitrogens with zero attached hydrogens (tertiary/aromatic N) is 2. The van der Waals surface area contributed by atoms with Crippen LogP contribution in [0.1, 0.15) is 0 Å². The number of benzene rings is 2. The first-order valence-corrected chi connectivity index (χ1v) is 6.92. The van der Waals surface area contributed by atoms with Crippen molar-refractivity contribution >= 4 is 28.2 Å². The lowest BCUT2D eigenvalue weighted by atomic mass is 10.2. The molecule has 3 rings (SSSR count). The Bertz CT molecular complexity index is 952. The van der Waals surface area contributed by atoms with E-state index in [1.165, 1.54) is 12.1 Å². The smallest absolute Gasteiger partial charge is 0.295 e. The molecule has 0 saturated carbocycles. The molecule has 0 spiro atoms. The Kier molecular flexibility index (Phi) is 3.98. The number of aromatic nitrogens is 2. The van der Waals surface area contributed by atoms with E-state index in [0.29, 0.717) is 17.0 Å². The summed E-state index contributed by atoms with van der Waals surface area (Å²) >= 11 is 0. The van der Waals surface area contributed by atoms with E-state index in [9.17, 15) is 14.9 Å². The second kappa shape index (κ2) is 6.24. The average Bonchev–Trinajstić information content (AvgIpc) is 2.59. The van der Waals surface area contributed by atoms with Crippen LogP contribution in [0, 0.1) is 10.1 Å². The van der Waals surface area contributed by atoms with Gasteiger partial charge >= 0.3 is 0 Å². The van der Waals surface area contributed by atoms with Crippen molar-refractivity contribution in [2.45, 2.75) is 0 Å². The fraction of sp³-hybridized carbons (Fsp3) is 0.0667.